The van der Waals surface area contributed by atoms with Gasteiger partial charge >= 0.3 is 0 Å². The number of nitrogens with two attached hydrogens (primary N) is 1. The number of aryl methyl sites for hydroxylation is 1. The summed E-state index contributed by atoms with van der Waals surface area (Å²) in [7, 11) is 1.55. The maximum atomic E-state index is 9.73. The molecular weight excluding hydrogens is 178 g/mol. The van der Waals surface area contributed by atoms with Crippen molar-refractivity contribution in [3.8, 4) is 11.5 Å². The van der Waals surface area contributed by atoms with E-state index in [-0.39, 0.29) is 5.75 Å². The van der Waals surface area contributed by atoms with E-state index in [1.807, 2.05) is 12.1 Å². The smallest absolute Gasteiger partial charge is 0.160 e. The van der Waals surface area contributed by atoms with E-state index in [9.17, 15) is 5.11 Å². The molecule has 0 aliphatic heterocycles. The topological polar surface area (TPSA) is 55.5 Å². The maximum absolute atomic E-state index is 9.73. The summed E-state index contributed by atoms with van der Waals surface area (Å²) >= 11 is 0. The molecule has 3 heteroatoms. The SMILES string of the molecule is COc1cccc(CCCCN)c1O. The Morgan fingerprint density at radius 2 is 2.14 bits per heavy atom. The third kappa shape index (κ3) is 2.64. The molecule has 0 saturated heterocycles. The molecule has 1 rings (SSSR count). The largest absolute Gasteiger partial charge is 0.504 e. The number of ether oxygens (including phenoxy) is 1. The minimum Gasteiger partial charge on any atom is -0.504 e. The summed E-state index contributed by atoms with van der Waals surface area (Å²) in [6.45, 7) is 0.699. The van der Waals surface area contributed by atoms with Crippen LogP contribution in [0.4, 0.5) is 0 Å². The van der Waals surface area contributed by atoms with E-state index in [2.05, 4.69) is 0 Å². The standard InChI is InChI=1S/C11H17NO2/c1-14-10-7-4-6-9(11(10)13)5-2-3-8-12/h4,6-7,13H,2-3,5,8,12H2,1H3. The normalized spacial score (nSPS) is 10.1. The van der Waals surface area contributed by atoms with Crippen molar-refractivity contribution >= 4 is 0 Å². The lowest BCUT2D eigenvalue weighted by atomic mass is 10.1. The van der Waals surface area contributed by atoms with Crippen molar-refractivity contribution in [3.05, 3.63) is 23.8 Å². The van der Waals surface area contributed by atoms with Gasteiger partial charge in [0.05, 0.1) is 7.11 Å². The molecule has 0 radical (unpaired) electrons. The van der Waals surface area contributed by atoms with Crippen molar-refractivity contribution in [2.24, 2.45) is 5.73 Å². The predicted molar refractivity (Wildman–Crippen MR) is 56.7 cm³/mol. The molecule has 0 bridgehead atoms. The molecule has 0 aromatic heterocycles. The zero-order valence-electron chi connectivity index (χ0n) is 8.49. The summed E-state index contributed by atoms with van der Waals surface area (Å²) in [6.07, 6.45) is 2.83. The van der Waals surface area contributed by atoms with Crippen LogP contribution >= 0.6 is 0 Å². The zero-order valence-corrected chi connectivity index (χ0v) is 8.49. The van der Waals surface area contributed by atoms with Gasteiger partial charge in [-0.1, -0.05) is 12.1 Å². The summed E-state index contributed by atoms with van der Waals surface area (Å²) < 4.78 is 5.02. The van der Waals surface area contributed by atoms with Crippen LogP contribution in [0.5, 0.6) is 11.5 Å². The predicted octanol–water partition coefficient (Wildman–Crippen LogP) is 1.68. The van der Waals surface area contributed by atoms with Crippen molar-refractivity contribution in [1.29, 1.82) is 0 Å². The number of methoxy groups -OCH3 is 1. The van der Waals surface area contributed by atoms with Gasteiger partial charge in [0, 0.05) is 0 Å². The molecule has 0 aliphatic rings. The number of benzene rings is 1. The van der Waals surface area contributed by atoms with Gasteiger partial charge in [0.15, 0.2) is 11.5 Å². The molecule has 3 nitrogen and oxygen atoms in total. The van der Waals surface area contributed by atoms with Gasteiger partial charge in [-0.05, 0) is 37.4 Å². The van der Waals surface area contributed by atoms with Gasteiger partial charge in [-0.2, -0.15) is 0 Å². The second-order valence-electron chi connectivity index (χ2n) is 3.21. The van der Waals surface area contributed by atoms with Crippen LogP contribution in [0.2, 0.25) is 0 Å². The number of rotatable bonds is 5. The Morgan fingerprint density at radius 1 is 1.36 bits per heavy atom. The van der Waals surface area contributed by atoms with Crippen LogP contribution in [0.1, 0.15) is 18.4 Å². The van der Waals surface area contributed by atoms with Gasteiger partial charge < -0.3 is 15.6 Å². The third-order valence-corrected chi connectivity index (χ3v) is 2.20. The molecule has 1 aromatic carbocycles. The summed E-state index contributed by atoms with van der Waals surface area (Å²) in [5.41, 5.74) is 6.33. The fourth-order valence-corrected chi connectivity index (χ4v) is 1.39. The number of phenols is 1. The second-order valence-corrected chi connectivity index (χ2v) is 3.21. The summed E-state index contributed by atoms with van der Waals surface area (Å²) in [5, 5.41) is 9.73. The van der Waals surface area contributed by atoms with Gasteiger partial charge in [0.25, 0.3) is 0 Å². The lowest BCUT2D eigenvalue weighted by molar-refractivity contribution is 0.370. The fraction of sp³-hybridized carbons (Fsp3) is 0.455. The Kier molecular flexibility index (Phi) is 4.26. The number of phenolic OH excluding ortho intramolecular Hbond substituents is 1. The van der Waals surface area contributed by atoms with Gasteiger partial charge in [0.1, 0.15) is 0 Å². The first-order chi connectivity index (χ1) is 6.79. The molecular formula is C11H17NO2. The van der Waals surface area contributed by atoms with Gasteiger partial charge in [0.2, 0.25) is 0 Å². The average molecular weight is 195 g/mol. The molecule has 0 spiro atoms. The van der Waals surface area contributed by atoms with Crippen LogP contribution in [-0.2, 0) is 6.42 Å². The van der Waals surface area contributed by atoms with Gasteiger partial charge in [-0.25, -0.2) is 0 Å². The first-order valence-electron chi connectivity index (χ1n) is 4.84. The first-order valence-corrected chi connectivity index (χ1v) is 4.84. The van der Waals surface area contributed by atoms with Crippen LogP contribution in [0.15, 0.2) is 18.2 Å². The molecule has 78 valence electrons. The molecule has 14 heavy (non-hydrogen) atoms. The molecule has 3 N–H and O–H groups in total. The van der Waals surface area contributed by atoms with E-state index < -0.39 is 0 Å². The van der Waals surface area contributed by atoms with E-state index >= 15 is 0 Å². The van der Waals surface area contributed by atoms with Crippen molar-refractivity contribution < 1.29 is 9.84 Å². The van der Waals surface area contributed by atoms with Gasteiger partial charge in [-0.15, -0.1) is 0 Å². The monoisotopic (exact) mass is 195 g/mol. The average Bonchev–Trinajstić information content (AvgIpc) is 2.21. The number of unbranched alkanes of at least 4 members (excludes halogenated alkanes) is 1. The minimum absolute atomic E-state index is 0.257. The van der Waals surface area contributed by atoms with E-state index in [0.717, 1.165) is 24.8 Å². The van der Waals surface area contributed by atoms with E-state index in [0.29, 0.717) is 12.3 Å². The number of aromatic hydroxyl groups is 1. The lowest BCUT2D eigenvalue weighted by Gasteiger charge is -2.07. The Labute approximate surface area is 84.5 Å². The van der Waals surface area contributed by atoms with Crippen LogP contribution < -0.4 is 10.5 Å². The van der Waals surface area contributed by atoms with E-state index in [1.54, 1.807) is 13.2 Å². The van der Waals surface area contributed by atoms with Crippen molar-refractivity contribution in [1.82, 2.24) is 0 Å². The highest BCUT2D eigenvalue weighted by molar-refractivity contribution is 5.45. The van der Waals surface area contributed by atoms with Crippen LogP contribution in [0.25, 0.3) is 0 Å². The van der Waals surface area contributed by atoms with E-state index in [1.165, 1.54) is 0 Å². The highest BCUT2D eigenvalue weighted by Gasteiger charge is 2.05. The maximum Gasteiger partial charge on any atom is 0.160 e. The molecule has 0 atom stereocenters. The first kappa shape index (κ1) is 10.9. The fourth-order valence-electron chi connectivity index (χ4n) is 1.39. The summed E-state index contributed by atoms with van der Waals surface area (Å²) in [6, 6.07) is 5.55. The molecule has 1 aromatic rings. The number of para-hydroxylation sites is 1. The molecule has 0 fully saturated rings. The Morgan fingerprint density at radius 3 is 2.79 bits per heavy atom. The zero-order chi connectivity index (χ0) is 10.4. The molecule has 0 heterocycles. The molecule has 0 unspecified atom stereocenters. The second kappa shape index (κ2) is 5.50. The molecule has 0 saturated carbocycles. The highest BCUT2D eigenvalue weighted by Crippen LogP contribution is 2.30. The lowest BCUT2D eigenvalue weighted by Crippen LogP contribution is -1.99. The highest BCUT2D eigenvalue weighted by atomic mass is 16.5. The van der Waals surface area contributed by atoms with Crippen molar-refractivity contribution in [2.45, 2.75) is 19.3 Å². The summed E-state index contributed by atoms with van der Waals surface area (Å²) in [5.74, 6) is 0.794. The third-order valence-electron chi connectivity index (χ3n) is 2.20. The number of hydrogen-bond donors (Lipinski definition) is 2. The van der Waals surface area contributed by atoms with Crippen LogP contribution in [-0.4, -0.2) is 18.8 Å². The minimum atomic E-state index is 0.257. The van der Waals surface area contributed by atoms with Crippen molar-refractivity contribution in [2.75, 3.05) is 13.7 Å². The molecule has 0 amide bonds. The molecule has 0 aliphatic carbocycles. The van der Waals surface area contributed by atoms with Crippen LogP contribution in [0.3, 0.4) is 0 Å². The Hall–Kier alpha value is -1.22. The summed E-state index contributed by atoms with van der Waals surface area (Å²) in [4.78, 5) is 0. The Bertz CT molecular complexity index is 287. The number of hydrogen-bond acceptors (Lipinski definition) is 3. The Balaban J connectivity index is 2.66. The quantitative estimate of drug-likeness (QED) is 0.703. The van der Waals surface area contributed by atoms with Gasteiger partial charge in [-0.3, -0.25) is 0 Å². The van der Waals surface area contributed by atoms with Crippen LogP contribution in [0, 0.1) is 0 Å². The van der Waals surface area contributed by atoms with E-state index in [4.69, 9.17) is 10.5 Å². The van der Waals surface area contributed by atoms with Crippen molar-refractivity contribution in [3.63, 3.8) is 0 Å².